The number of ether oxygens (including phenoxy) is 2. The number of carbonyl (C=O) groups excluding carboxylic acids is 2. The summed E-state index contributed by atoms with van der Waals surface area (Å²) in [6.07, 6.45) is -0.317. The summed E-state index contributed by atoms with van der Waals surface area (Å²) in [5.74, 6) is -0.292. The minimum atomic E-state index is -0.963. The number of halogens is 2. The SMILES string of the molecule is CC(OC(=O)c1cc(Cl)cc(Cl)c1)C(=O)NC1CCOc2ccccc21. The van der Waals surface area contributed by atoms with Gasteiger partial charge in [0.25, 0.3) is 5.91 Å². The number of para-hydroxylation sites is 1. The van der Waals surface area contributed by atoms with E-state index >= 15 is 0 Å². The minimum Gasteiger partial charge on any atom is -0.493 e. The molecule has 5 nitrogen and oxygen atoms in total. The van der Waals surface area contributed by atoms with Gasteiger partial charge in [0, 0.05) is 22.0 Å². The summed E-state index contributed by atoms with van der Waals surface area (Å²) >= 11 is 11.8. The number of amides is 1. The van der Waals surface area contributed by atoms with Crippen LogP contribution >= 0.6 is 23.2 Å². The zero-order valence-electron chi connectivity index (χ0n) is 14.0. The Bertz CT molecular complexity index is 820. The van der Waals surface area contributed by atoms with Gasteiger partial charge in [0.2, 0.25) is 0 Å². The molecule has 2 aromatic rings. The van der Waals surface area contributed by atoms with Crippen molar-refractivity contribution in [1.82, 2.24) is 5.32 Å². The van der Waals surface area contributed by atoms with Gasteiger partial charge in [0.1, 0.15) is 5.75 Å². The van der Waals surface area contributed by atoms with E-state index in [1.807, 2.05) is 24.3 Å². The smallest absolute Gasteiger partial charge is 0.339 e. The van der Waals surface area contributed by atoms with Crippen molar-refractivity contribution in [3.05, 3.63) is 63.6 Å². The molecule has 0 fully saturated rings. The Morgan fingerprint density at radius 3 is 2.62 bits per heavy atom. The van der Waals surface area contributed by atoms with Gasteiger partial charge in [-0.3, -0.25) is 4.79 Å². The average Bonchev–Trinajstić information content (AvgIpc) is 2.61. The number of esters is 1. The summed E-state index contributed by atoms with van der Waals surface area (Å²) in [6.45, 7) is 2.03. The van der Waals surface area contributed by atoms with Crippen LogP contribution in [0.25, 0.3) is 0 Å². The maximum atomic E-state index is 12.4. The topological polar surface area (TPSA) is 64.6 Å². The van der Waals surface area contributed by atoms with E-state index in [9.17, 15) is 9.59 Å². The molecule has 0 spiro atoms. The van der Waals surface area contributed by atoms with Gasteiger partial charge in [-0.1, -0.05) is 41.4 Å². The monoisotopic (exact) mass is 393 g/mol. The standard InChI is InChI=1S/C19H17Cl2NO4/c1-11(26-19(24)12-8-13(20)10-14(21)9-12)18(23)22-16-6-7-25-17-5-3-2-4-15(16)17/h2-5,8-11,16H,6-7H2,1H3,(H,22,23). The zero-order chi connectivity index (χ0) is 18.7. The molecule has 136 valence electrons. The van der Waals surface area contributed by atoms with E-state index in [1.54, 1.807) is 0 Å². The third-order valence-corrected chi connectivity index (χ3v) is 4.46. The average molecular weight is 394 g/mol. The van der Waals surface area contributed by atoms with E-state index in [4.69, 9.17) is 32.7 Å². The predicted molar refractivity (Wildman–Crippen MR) is 98.8 cm³/mol. The fourth-order valence-electron chi connectivity index (χ4n) is 2.73. The molecule has 0 aromatic heterocycles. The molecule has 0 bridgehead atoms. The third kappa shape index (κ3) is 4.29. The quantitative estimate of drug-likeness (QED) is 0.791. The van der Waals surface area contributed by atoms with E-state index in [2.05, 4.69) is 5.32 Å². The van der Waals surface area contributed by atoms with Crippen molar-refractivity contribution in [2.24, 2.45) is 0 Å². The molecule has 2 aromatic carbocycles. The number of hydrogen-bond acceptors (Lipinski definition) is 4. The van der Waals surface area contributed by atoms with Crippen molar-refractivity contribution in [3.63, 3.8) is 0 Å². The molecule has 0 aliphatic carbocycles. The van der Waals surface area contributed by atoms with E-state index < -0.39 is 12.1 Å². The van der Waals surface area contributed by atoms with Crippen molar-refractivity contribution in [3.8, 4) is 5.75 Å². The van der Waals surface area contributed by atoms with E-state index in [0.29, 0.717) is 23.1 Å². The Labute approximate surface area is 161 Å². The largest absolute Gasteiger partial charge is 0.493 e. The third-order valence-electron chi connectivity index (χ3n) is 4.03. The fraction of sp³-hybridized carbons (Fsp3) is 0.263. The van der Waals surface area contributed by atoms with E-state index in [1.165, 1.54) is 25.1 Å². The van der Waals surface area contributed by atoms with Gasteiger partial charge in [-0.15, -0.1) is 0 Å². The van der Waals surface area contributed by atoms with E-state index in [-0.39, 0.29) is 17.5 Å². The highest BCUT2D eigenvalue weighted by molar-refractivity contribution is 6.35. The lowest BCUT2D eigenvalue weighted by Gasteiger charge is -2.27. The van der Waals surface area contributed by atoms with Gasteiger partial charge < -0.3 is 14.8 Å². The highest BCUT2D eigenvalue weighted by Crippen LogP contribution is 2.31. The van der Waals surface area contributed by atoms with Crippen LogP contribution in [0.15, 0.2) is 42.5 Å². The summed E-state index contributed by atoms with van der Waals surface area (Å²) in [5, 5.41) is 3.55. The highest BCUT2D eigenvalue weighted by atomic mass is 35.5. The van der Waals surface area contributed by atoms with Gasteiger partial charge in [0.05, 0.1) is 18.2 Å². The van der Waals surface area contributed by atoms with Gasteiger partial charge in [-0.05, 0) is 31.2 Å². The molecule has 0 radical (unpaired) electrons. The van der Waals surface area contributed by atoms with Crippen LogP contribution < -0.4 is 10.1 Å². The fourth-order valence-corrected chi connectivity index (χ4v) is 3.26. The Morgan fingerprint density at radius 1 is 1.19 bits per heavy atom. The molecule has 1 heterocycles. The van der Waals surface area contributed by atoms with Crippen LogP contribution in [0.1, 0.15) is 35.3 Å². The Kier molecular flexibility index (Phi) is 5.69. The van der Waals surface area contributed by atoms with Gasteiger partial charge in [0.15, 0.2) is 6.10 Å². The molecule has 1 amide bonds. The molecule has 2 unspecified atom stereocenters. The lowest BCUT2D eigenvalue weighted by molar-refractivity contribution is -0.130. The summed E-state index contributed by atoms with van der Waals surface area (Å²) in [6, 6.07) is 11.7. The second kappa shape index (κ2) is 7.98. The van der Waals surface area contributed by atoms with Crippen molar-refractivity contribution in [2.75, 3.05) is 6.61 Å². The van der Waals surface area contributed by atoms with Crippen LogP contribution in [-0.2, 0) is 9.53 Å². The predicted octanol–water partition coefficient (Wildman–Crippen LogP) is 4.18. The number of carbonyl (C=O) groups is 2. The number of hydrogen-bond donors (Lipinski definition) is 1. The van der Waals surface area contributed by atoms with Crippen LogP contribution in [0.2, 0.25) is 10.0 Å². The van der Waals surface area contributed by atoms with E-state index in [0.717, 1.165) is 11.3 Å². The first kappa shape index (κ1) is 18.5. The lowest BCUT2D eigenvalue weighted by Crippen LogP contribution is -2.39. The Hall–Kier alpha value is -2.24. The van der Waals surface area contributed by atoms with Crippen molar-refractivity contribution < 1.29 is 19.1 Å². The van der Waals surface area contributed by atoms with Crippen LogP contribution in [0.4, 0.5) is 0 Å². The van der Waals surface area contributed by atoms with Crippen LogP contribution in [0.5, 0.6) is 5.75 Å². The van der Waals surface area contributed by atoms with Crippen molar-refractivity contribution in [2.45, 2.75) is 25.5 Å². The van der Waals surface area contributed by atoms with Crippen molar-refractivity contribution in [1.29, 1.82) is 0 Å². The summed E-state index contributed by atoms with van der Waals surface area (Å²) in [7, 11) is 0. The molecule has 1 aliphatic heterocycles. The highest BCUT2D eigenvalue weighted by Gasteiger charge is 2.26. The van der Waals surface area contributed by atoms with Crippen molar-refractivity contribution >= 4 is 35.1 Å². The second-order valence-corrected chi connectivity index (χ2v) is 6.81. The number of benzene rings is 2. The molecular formula is C19H17Cl2NO4. The number of fused-ring (bicyclic) bond motifs is 1. The number of rotatable bonds is 4. The minimum absolute atomic E-state index is 0.186. The second-order valence-electron chi connectivity index (χ2n) is 5.94. The maximum Gasteiger partial charge on any atom is 0.339 e. The van der Waals surface area contributed by atoms with Gasteiger partial charge in [-0.2, -0.15) is 0 Å². The van der Waals surface area contributed by atoms with Gasteiger partial charge in [-0.25, -0.2) is 4.79 Å². The Morgan fingerprint density at radius 2 is 1.88 bits per heavy atom. The molecule has 0 saturated heterocycles. The van der Waals surface area contributed by atoms with Gasteiger partial charge >= 0.3 is 5.97 Å². The first-order valence-electron chi connectivity index (χ1n) is 8.13. The molecule has 0 saturated carbocycles. The van der Waals surface area contributed by atoms with Crippen LogP contribution in [0, 0.1) is 0 Å². The molecule has 7 heteroatoms. The first-order chi connectivity index (χ1) is 12.4. The molecule has 1 aliphatic rings. The normalized spacial score (nSPS) is 16.8. The molecule has 2 atom stereocenters. The molecule has 26 heavy (non-hydrogen) atoms. The molecule has 3 rings (SSSR count). The van der Waals surface area contributed by atoms with Crippen LogP contribution in [0.3, 0.4) is 0 Å². The number of nitrogens with one attached hydrogen (secondary N) is 1. The molecular weight excluding hydrogens is 377 g/mol. The first-order valence-corrected chi connectivity index (χ1v) is 8.89. The summed E-state index contributed by atoms with van der Waals surface area (Å²) in [4.78, 5) is 24.7. The zero-order valence-corrected chi connectivity index (χ0v) is 15.5. The summed E-state index contributed by atoms with van der Waals surface area (Å²) < 4.78 is 10.8. The maximum absolute atomic E-state index is 12.4. The Balaban J connectivity index is 1.64. The molecule has 1 N–H and O–H groups in total. The lowest BCUT2D eigenvalue weighted by atomic mass is 10.0. The van der Waals surface area contributed by atoms with Crippen LogP contribution in [-0.4, -0.2) is 24.6 Å². The summed E-state index contributed by atoms with van der Waals surface area (Å²) in [5.41, 5.74) is 1.10.